The van der Waals surface area contributed by atoms with Crippen molar-refractivity contribution in [2.75, 3.05) is 19.8 Å². The van der Waals surface area contributed by atoms with Crippen molar-refractivity contribution in [3.8, 4) is 0 Å². The fraction of sp³-hybridized carbons (Fsp3) is 0.643. The minimum atomic E-state index is -1.48. The van der Waals surface area contributed by atoms with Gasteiger partial charge in [-0.05, 0) is 58.1 Å². The minimum Gasteiger partial charge on any atom is -0.462 e. The highest BCUT2D eigenvalue weighted by Crippen LogP contribution is 2.46. The molecule has 0 fully saturated rings. The number of ether oxygens (including phenoxy) is 3. The van der Waals surface area contributed by atoms with E-state index in [1.54, 1.807) is 0 Å². The monoisotopic (exact) mass is 758 g/mol. The molecule has 0 aliphatic heterocycles. The molecular formula is C42H67N2O8P. The number of unbranched alkanes of at least 4 members (excludes halogenated alkanes) is 10. The lowest BCUT2D eigenvalue weighted by Gasteiger charge is -2.36. The van der Waals surface area contributed by atoms with Crippen LogP contribution in [-0.2, 0) is 46.1 Å². The summed E-state index contributed by atoms with van der Waals surface area (Å²) >= 11 is 0. The molecular weight excluding hydrogens is 691 g/mol. The molecule has 0 aliphatic rings. The molecule has 2 atom stereocenters. The van der Waals surface area contributed by atoms with Gasteiger partial charge in [0.25, 0.3) is 8.53 Å². The number of alkyl carbamates (subject to hydrolysis) is 1. The quantitative estimate of drug-likeness (QED) is 0.0360. The molecule has 0 aromatic heterocycles. The fourth-order valence-electron chi connectivity index (χ4n) is 5.73. The molecule has 0 saturated carbocycles. The van der Waals surface area contributed by atoms with Crippen LogP contribution in [0.15, 0.2) is 60.7 Å². The third kappa shape index (κ3) is 22.7. The largest absolute Gasteiger partial charge is 0.462 e. The molecule has 2 rings (SSSR count). The Bertz CT molecular complexity index is 1230. The van der Waals surface area contributed by atoms with Crippen LogP contribution >= 0.6 is 8.53 Å². The van der Waals surface area contributed by atoms with Crippen molar-refractivity contribution in [2.45, 2.75) is 156 Å². The highest BCUT2D eigenvalue weighted by molar-refractivity contribution is 7.44. The van der Waals surface area contributed by atoms with E-state index in [-0.39, 0.29) is 49.9 Å². The van der Waals surface area contributed by atoms with E-state index in [1.165, 1.54) is 0 Å². The Morgan fingerprint density at radius 2 is 1.15 bits per heavy atom. The van der Waals surface area contributed by atoms with Gasteiger partial charge in [-0.1, -0.05) is 125 Å². The number of hydrogen-bond acceptors (Lipinski definition) is 9. The van der Waals surface area contributed by atoms with Crippen LogP contribution in [0.3, 0.4) is 0 Å². The number of nitrogens with zero attached hydrogens (tertiary/aromatic N) is 1. The van der Waals surface area contributed by atoms with Crippen LogP contribution in [0.5, 0.6) is 0 Å². The summed E-state index contributed by atoms with van der Waals surface area (Å²) in [7, 11) is -1.48. The van der Waals surface area contributed by atoms with Crippen LogP contribution < -0.4 is 5.32 Å². The van der Waals surface area contributed by atoms with Crippen LogP contribution in [0.4, 0.5) is 4.79 Å². The molecule has 11 heteroatoms. The molecule has 298 valence electrons. The van der Waals surface area contributed by atoms with Gasteiger partial charge in [0.2, 0.25) is 0 Å². The van der Waals surface area contributed by atoms with Crippen LogP contribution in [0.25, 0.3) is 0 Å². The van der Waals surface area contributed by atoms with Crippen LogP contribution in [0.1, 0.15) is 136 Å². The normalized spacial score (nSPS) is 12.5. The first kappa shape index (κ1) is 46.1. The number of hydrogen-bond donors (Lipinski definition) is 1. The molecule has 0 bridgehead atoms. The van der Waals surface area contributed by atoms with Crippen LogP contribution in [-0.4, -0.2) is 60.6 Å². The number of amides is 1. The van der Waals surface area contributed by atoms with Gasteiger partial charge in [0, 0.05) is 31.5 Å². The number of rotatable bonds is 30. The molecule has 53 heavy (non-hydrogen) atoms. The SMILES string of the molecule is CCCCCC(=O)O[C@H](COC(=O)CCCCCCCCCCCNC(=O)OCc1ccccc1)COP(OCc1ccccc1)N(C(C)C)C(C)C. The predicted molar refractivity (Wildman–Crippen MR) is 212 cm³/mol. The van der Waals surface area contributed by atoms with Crippen molar-refractivity contribution in [2.24, 2.45) is 0 Å². The summed E-state index contributed by atoms with van der Waals surface area (Å²) in [4.78, 5) is 37.2. The summed E-state index contributed by atoms with van der Waals surface area (Å²) in [5.74, 6) is -0.596. The molecule has 10 nitrogen and oxygen atoms in total. The molecule has 0 heterocycles. The molecule has 0 aliphatic carbocycles. The molecule has 1 unspecified atom stereocenters. The first-order valence-electron chi connectivity index (χ1n) is 19.9. The first-order valence-corrected chi connectivity index (χ1v) is 21.0. The molecule has 1 N–H and O–H groups in total. The Balaban J connectivity index is 1.66. The lowest BCUT2D eigenvalue weighted by molar-refractivity contribution is -0.161. The van der Waals surface area contributed by atoms with Gasteiger partial charge in [-0.3, -0.25) is 9.59 Å². The van der Waals surface area contributed by atoms with E-state index in [2.05, 4.69) is 44.6 Å². The van der Waals surface area contributed by atoms with Gasteiger partial charge >= 0.3 is 18.0 Å². The van der Waals surface area contributed by atoms with E-state index in [1.807, 2.05) is 60.7 Å². The molecule has 2 aromatic rings. The third-order valence-corrected chi connectivity index (χ3v) is 10.6. The first-order chi connectivity index (χ1) is 25.7. The van der Waals surface area contributed by atoms with Crippen molar-refractivity contribution >= 4 is 26.6 Å². The van der Waals surface area contributed by atoms with Crippen molar-refractivity contribution in [1.82, 2.24) is 9.99 Å². The standard InChI is InChI=1S/C42H67N2O8P/c1-6-7-17-29-41(46)52-39(34-51-53(44(35(2)3)36(4)5)50-32-38-26-20-16-21-27-38)33-48-40(45)28-22-13-11-9-8-10-12-14-23-30-43-42(47)49-31-37-24-18-15-19-25-37/h15-16,18-21,24-27,35-36,39H,6-14,17,22-23,28-34H2,1-5H3,(H,43,47)/t39-,53?/m1/s1. The van der Waals surface area contributed by atoms with E-state index in [0.29, 0.717) is 26.0 Å². The number of benzene rings is 2. The second-order valence-electron chi connectivity index (χ2n) is 14.0. The van der Waals surface area contributed by atoms with Crippen molar-refractivity contribution in [3.63, 3.8) is 0 Å². The summed E-state index contributed by atoms with van der Waals surface area (Å²) in [6.45, 7) is 11.8. The molecule has 0 radical (unpaired) electrons. The summed E-state index contributed by atoms with van der Waals surface area (Å²) in [5, 5.41) is 2.82. The minimum absolute atomic E-state index is 0.0477. The number of carbonyl (C=O) groups is 3. The number of nitrogens with one attached hydrogen (secondary N) is 1. The lowest BCUT2D eigenvalue weighted by atomic mass is 10.1. The van der Waals surface area contributed by atoms with E-state index in [4.69, 9.17) is 23.3 Å². The van der Waals surface area contributed by atoms with Gasteiger partial charge in [0.1, 0.15) is 13.2 Å². The Hall–Kier alpha value is -3.04. The number of carbonyl (C=O) groups excluding carboxylic acids is 3. The zero-order valence-corrected chi connectivity index (χ0v) is 34.0. The topological polar surface area (TPSA) is 113 Å². The Morgan fingerprint density at radius 3 is 1.74 bits per heavy atom. The summed E-state index contributed by atoms with van der Waals surface area (Å²) < 4.78 is 31.5. The van der Waals surface area contributed by atoms with Gasteiger partial charge in [-0.15, -0.1) is 0 Å². The zero-order valence-electron chi connectivity index (χ0n) is 33.1. The highest BCUT2D eigenvalue weighted by Gasteiger charge is 2.29. The third-order valence-electron chi connectivity index (χ3n) is 8.55. The Labute approximate surface area is 321 Å². The van der Waals surface area contributed by atoms with Crippen molar-refractivity contribution in [1.29, 1.82) is 0 Å². The van der Waals surface area contributed by atoms with E-state index < -0.39 is 14.6 Å². The van der Waals surface area contributed by atoms with E-state index >= 15 is 0 Å². The Kier molecular flexibility index (Phi) is 25.5. The molecule has 1 amide bonds. The molecule has 0 saturated heterocycles. The predicted octanol–water partition coefficient (Wildman–Crippen LogP) is 10.4. The smallest absolute Gasteiger partial charge is 0.407 e. The van der Waals surface area contributed by atoms with Gasteiger partial charge in [-0.25, -0.2) is 9.46 Å². The van der Waals surface area contributed by atoms with Gasteiger partial charge in [-0.2, -0.15) is 0 Å². The second-order valence-corrected chi connectivity index (χ2v) is 15.5. The summed E-state index contributed by atoms with van der Waals surface area (Å²) in [6, 6.07) is 20.0. The fourth-order valence-corrected chi connectivity index (χ4v) is 7.38. The maximum absolute atomic E-state index is 12.7. The van der Waals surface area contributed by atoms with Crippen LogP contribution in [0.2, 0.25) is 0 Å². The highest BCUT2D eigenvalue weighted by atomic mass is 31.2. The Morgan fingerprint density at radius 1 is 0.623 bits per heavy atom. The molecule has 0 spiro atoms. The van der Waals surface area contributed by atoms with E-state index in [9.17, 15) is 14.4 Å². The maximum atomic E-state index is 12.7. The maximum Gasteiger partial charge on any atom is 0.407 e. The van der Waals surface area contributed by atoms with Crippen LogP contribution in [0, 0.1) is 0 Å². The van der Waals surface area contributed by atoms with Gasteiger partial charge in [0.05, 0.1) is 13.2 Å². The summed E-state index contributed by atoms with van der Waals surface area (Å²) in [5.41, 5.74) is 2.02. The van der Waals surface area contributed by atoms with Crippen molar-refractivity contribution < 1.29 is 37.6 Å². The van der Waals surface area contributed by atoms with Crippen molar-refractivity contribution in [3.05, 3.63) is 71.8 Å². The summed E-state index contributed by atoms with van der Waals surface area (Å²) in [6.07, 6.45) is 11.7. The lowest BCUT2D eigenvalue weighted by Crippen LogP contribution is -2.35. The van der Waals surface area contributed by atoms with Gasteiger partial charge < -0.3 is 28.6 Å². The number of esters is 2. The average Bonchev–Trinajstić information content (AvgIpc) is 3.14. The average molecular weight is 759 g/mol. The van der Waals surface area contributed by atoms with E-state index in [0.717, 1.165) is 88.2 Å². The molecule has 2 aromatic carbocycles. The second kappa shape index (κ2) is 29.3. The zero-order chi connectivity index (χ0) is 38.5. The van der Waals surface area contributed by atoms with Gasteiger partial charge in [0.15, 0.2) is 6.10 Å².